The molecular formula is C12H16N4OS. The molecule has 18 heavy (non-hydrogen) atoms. The smallest absolute Gasteiger partial charge is 0.220 e. The summed E-state index contributed by atoms with van der Waals surface area (Å²) < 4.78 is 1.71. The van der Waals surface area contributed by atoms with E-state index in [2.05, 4.69) is 15.6 Å². The van der Waals surface area contributed by atoms with Crippen LogP contribution in [0.25, 0.3) is 5.69 Å². The fourth-order valence-corrected chi connectivity index (χ4v) is 2.15. The molecule has 0 bridgehead atoms. The molecule has 0 aliphatic heterocycles. The highest BCUT2D eigenvalue weighted by atomic mass is 32.1. The molecule has 0 aliphatic carbocycles. The average Bonchev–Trinajstić information content (AvgIpc) is 2.96. The maximum Gasteiger partial charge on any atom is 0.220 e. The number of hydrogen-bond acceptors (Lipinski definition) is 4. The van der Waals surface area contributed by atoms with Crippen LogP contribution in [0.2, 0.25) is 0 Å². The van der Waals surface area contributed by atoms with Gasteiger partial charge in [-0.25, -0.2) is 4.68 Å². The van der Waals surface area contributed by atoms with Gasteiger partial charge in [-0.05, 0) is 17.4 Å². The quantitative estimate of drug-likeness (QED) is 0.898. The molecule has 0 aliphatic rings. The van der Waals surface area contributed by atoms with E-state index in [0.29, 0.717) is 18.9 Å². The fraction of sp³-hybridized carbons (Fsp3) is 0.417. The number of amides is 1. The van der Waals surface area contributed by atoms with E-state index in [-0.39, 0.29) is 5.91 Å². The first-order valence-corrected chi connectivity index (χ1v) is 6.80. The van der Waals surface area contributed by atoms with E-state index in [9.17, 15) is 4.79 Å². The van der Waals surface area contributed by atoms with E-state index in [0.717, 1.165) is 11.4 Å². The van der Waals surface area contributed by atoms with Crippen molar-refractivity contribution >= 4 is 17.2 Å². The van der Waals surface area contributed by atoms with Crippen molar-refractivity contribution < 1.29 is 4.79 Å². The van der Waals surface area contributed by atoms with Gasteiger partial charge in [-0.2, -0.15) is 11.3 Å². The Kier molecular flexibility index (Phi) is 4.09. The zero-order chi connectivity index (χ0) is 13.0. The molecule has 0 atom stereocenters. The van der Waals surface area contributed by atoms with Crippen molar-refractivity contribution in [1.29, 1.82) is 0 Å². The van der Waals surface area contributed by atoms with E-state index < -0.39 is 0 Å². The van der Waals surface area contributed by atoms with Gasteiger partial charge < -0.3 is 5.32 Å². The van der Waals surface area contributed by atoms with Crippen LogP contribution in [0.1, 0.15) is 26.0 Å². The Bertz CT molecular complexity index is 504. The van der Waals surface area contributed by atoms with Gasteiger partial charge >= 0.3 is 0 Å². The molecule has 0 spiro atoms. The van der Waals surface area contributed by atoms with Gasteiger partial charge in [-0.1, -0.05) is 19.1 Å². The zero-order valence-electron chi connectivity index (χ0n) is 10.5. The second kappa shape index (κ2) is 5.77. The minimum atomic E-state index is 0.0510. The minimum Gasteiger partial charge on any atom is -0.350 e. The lowest BCUT2D eigenvalue weighted by atomic mass is 10.1. The molecule has 0 fully saturated rings. The number of rotatable bonds is 5. The van der Waals surface area contributed by atoms with Crippen molar-refractivity contribution in [3.63, 3.8) is 0 Å². The predicted octanol–water partition coefficient (Wildman–Crippen LogP) is 1.99. The lowest BCUT2D eigenvalue weighted by Crippen LogP contribution is -2.24. The van der Waals surface area contributed by atoms with Crippen molar-refractivity contribution in [1.82, 2.24) is 20.3 Å². The van der Waals surface area contributed by atoms with Crippen LogP contribution in [-0.4, -0.2) is 20.9 Å². The Labute approximate surface area is 110 Å². The molecule has 2 aromatic heterocycles. The van der Waals surface area contributed by atoms with Gasteiger partial charge in [-0.15, -0.1) is 5.10 Å². The van der Waals surface area contributed by atoms with E-state index >= 15 is 0 Å². The van der Waals surface area contributed by atoms with Crippen LogP contribution in [0.5, 0.6) is 0 Å². The summed E-state index contributed by atoms with van der Waals surface area (Å²) in [5, 5.41) is 14.9. The summed E-state index contributed by atoms with van der Waals surface area (Å²) in [6.45, 7) is 4.47. The number of thiophene rings is 1. The molecule has 0 radical (unpaired) electrons. The summed E-state index contributed by atoms with van der Waals surface area (Å²) in [6, 6.07) is 1.97. The van der Waals surface area contributed by atoms with Gasteiger partial charge in [0.15, 0.2) is 0 Å². The Hall–Kier alpha value is -1.69. The number of hydrogen-bond donors (Lipinski definition) is 1. The number of nitrogens with zero attached hydrogens (tertiary/aromatic N) is 3. The van der Waals surface area contributed by atoms with Gasteiger partial charge in [0.2, 0.25) is 5.91 Å². The first-order chi connectivity index (χ1) is 8.65. The molecule has 2 aromatic rings. The van der Waals surface area contributed by atoms with Crippen molar-refractivity contribution in [3.05, 3.63) is 28.7 Å². The van der Waals surface area contributed by atoms with Crippen LogP contribution in [0.3, 0.4) is 0 Å². The van der Waals surface area contributed by atoms with Gasteiger partial charge in [0.25, 0.3) is 0 Å². The lowest BCUT2D eigenvalue weighted by Gasteiger charge is -2.04. The standard InChI is InChI=1S/C12H16N4OS/c1-9(2)5-12(17)13-6-10-7-16(15-14-10)11-3-4-18-8-11/h3-4,7-9H,5-6H2,1-2H3,(H,13,17). The number of nitrogens with one attached hydrogen (secondary N) is 1. The van der Waals surface area contributed by atoms with Crippen molar-refractivity contribution in [3.8, 4) is 5.69 Å². The second-order valence-corrected chi connectivity index (χ2v) is 5.29. The summed E-state index contributed by atoms with van der Waals surface area (Å²) in [5.74, 6) is 0.418. The summed E-state index contributed by atoms with van der Waals surface area (Å²) in [6.07, 6.45) is 2.37. The average molecular weight is 264 g/mol. The van der Waals surface area contributed by atoms with Crippen LogP contribution in [0.4, 0.5) is 0 Å². The van der Waals surface area contributed by atoms with Gasteiger partial charge in [0, 0.05) is 11.8 Å². The van der Waals surface area contributed by atoms with Crippen molar-refractivity contribution in [2.45, 2.75) is 26.8 Å². The van der Waals surface area contributed by atoms with Crippen LogP contribution >= 0.6 is 11.3 Å². The highest BCUT2D eigenvalue weighted by Crippen LogP contribution is 2.10. The molecule has 2 rings (SSSR count). The van der Waals surface area contributed by atoms with Gasteiger partial charge in [0.05, 0.1) is 18.4 Å². The molecule has 5 nitrogen and oxygen atoms in total. The lowest BCUT2D eigenvalue weighted by molar-refractivity contribution is -0.121. The Morgan fingerprint density at radius 1 is 1.56 bits per heavy atom. The van der Waals surface area contributed by atoms with Crippen LogP contribution < -0.4 is 5.32 Å². The normalized spacial score (nSPS) is 10.8. The van der Waals surface area contributed by atoms with Gasteiger partial charge in [-0.3, -0.25) is 4.79 Å². The third kappa shape index (κ3) is 3.40. The fourth-order valence-electron chi connectivity index (χ4n) is 1.53. The Morgan fingerprint density at radius 3 is 3.06 bits per heavy atom. The third-order valence-corrected chi connectivity index (χ3v) is 3.04. The van der Waals surface area contributed by atoms with Crippen molar-refractivity contribution in [2.24, 2.45) is 5.92 Å². The Balaban J connectivity index is 1.89. The molecule has 0 unspecified atom stereocenters. The summed E-state index contributed by atoms with van der Waals surface area (Å²) in [5.41, 5.74) is 1.76. The minimum absolute atomic E-state index is 0.0510. The number of carbonyl (C=O) groups excluding carboxylic acids is 1. The number of carbonyl (C=O) groups is 1. The monoisotopic (exact) mass is 264 g/mol. The number of aromatic nitrogens is 3. The third-order valence-electron chi connectivity index (χ3n) is 2.37. The molecule has 0 saturated carbocycles. The van der Waals surface area contributed by atoms with Crippen molar-refractivity contribution in [2.75, 3.05) is 0 Å². The maximum absolute atomic E-state index is 11.5. The Morgan fingerprint density at radius 2 is 2.39 bits per heavy atom. The first kappa shape index (κ1) is 12.8. The van der Waals surface area contributed by atoms with E-state index in [1.165, 1.54) is 0 Å². The molecule has 0 saturated heterocycles. The van der Waals surface area contributed by atoms with Gasteiger partial charge in [0.1, 0.15) is 5.69 Å². The topological polar surface area (TPSA) is 59.8 Å². The van der Waals surface area contributed by atoms with E-state index in [1.54, 1.807) is 16.0 Å². The van der Waals surface area contributed by atoms with E-state index in [4.69, 9.17) is 0 Å². The highest BCUT2D eigenvalue weighted by molar-refractivity contribution is 7.08. The second-order valence-electron chi connectivity index (χ2n) is 4.51. The first-order valence-electron chi connectivity index (χ1n) is 5.85. The molecule has 6 heteroatoms. The SMILES string of the molecule is CC(C)CC(=O)NCc1cn(-c2ccsc2)nn1. The van der Waals surface area contributed by atoms with E-state index in [1.807, 2.05) is 36.9 Å². The van der Waals surface area contributed by atoms with Crippen LogP contribution in [0.15, 0.2) is 23.0 Å². The largest absolute Gasteiger partial charge is 0.350 e. The highest BCUT2D eigenvalue weighted by Gasteiger charge is 2.07. The van der Waals surface area contributed by atoms with Crippen LogP contribution in [0, 0.1) is 5.92 Å². The molecule has 2 heterocycles. The summed E-state index contributed by atoms with van der Waals surface area (Å²) in [4.78, 5) is 11.5. The molecule has 0 aromatic carbocycles. The predicted molar refractivity (Wildman–Crippen MR) is 70.5 cm³/mol. The molecule has 1 amide bonds. The molecule has 96 valence electrons. The molecule has 1 N–H and O–H groups in total. The molecular weight excluding hydrogens is 248 g/mol. The maximum atomic E-state index is 11.5. The summed E-state index contributed by atoms with van der Waals surface area (Å²) in [7, 11) is 0. The summed E-state index contributed by atoms with van der Waals surface area (Å²) >= 11 is 1.61. The van der Waals surface area contributed by atoms with Crippen LogP contribution in [-0.2, 0) is 11.3 Å². The zero-order valence-corrected chi connectivity index (χ0v) is 11.3.